The summed E-state index contributed by atoms with van der Waals surface area (Å²) in [5.41, 5.74) is 4.96. The second-order valence-corrected chi connectivity index (χ2v) is 3.28. The number of hydrogen-bond donors (Lipinski definition) is 0. The van der Waals surface area contributed by atoms with E-state index in [1.165, 1.54) is 17.5 Å². The first-order valence-electron chi connectivity index (χ1n) is 4.68. The van der Waals surface area contributed by atoms with Gasteiger partial charge in [0.1, 0.15) is 11.2 Å². The summed E-state index contributed by atoms with van der Waals surface area (Å²) >= 11 is 0. The average Bonchev–Trinajstić information content (AvgIpc) is 2.62. The molecule has 2 bridgehead atoms. The number of benzene rings is 1. The van der Waals surface area contributed by atoms with Crippen LogP contribution >= 0.6 is 0 Å². The van der Waals surface area contributed by atoms with Gasteiger partial charge in [0.2, 0.25) is 0 Å². The van der Waals surface area contributed by atoms with Gasteiger partial charge >= 0.3 is 0 Å². The molecule has 0 spiro atoms. The Morgan fingerprint density at radius 2 is 1.92 bits per heavy atom. The molecule has 0 aliphatic heterocycles. The number of fused-ring (bicyclic) bond motifs is 2. The summed E-state index contributed by atoms with van der Waals surface area (Å²) < 4.78 is 5.59. The van der Waals surface area contributed by atoms with Gasteiger partial charge < -0.3 is 4.42 Å². The maximum Gasteiger partial charge on any atom is 0.134 e. The Labute approximate surface area is 72.7 Å². The summed E-state index contributed by atoms with van der Waals surface area (Å²) in [4.78, 5) is 0. The molecule has 2 rings (SSSR count). The maximum absolute atomic E-state index is 5.59. The first-order chi connectivity index (χ1) is 5.85. The van der Waals surface area contributed by atoms with Gasteiger partial charge in [-0.15, -0.1) is 0 Å². The van der Waals surface area contributed by atoms with Crippen LogP contribution in [0.3, 0.4) is 0 Å². The van der Waals surface area contributed by atoms with Crippen molar-refractivity contribution in [1.29, 1.82) is 0 Å². The second kappa shape index (κ2) is 2.81. The second-order valence-electron chi connectivity index (χ2n) is 3.28. The van der Waals surface area contributed by atoms with Gasteiger partial charge in [-0.05, 0) is 36.1 Å². The van der Waals surface area contributed by atoms with Crippen LogP contribution in [0.25, 0.3) is 11.2 Å². The topological polar surface area (TPSA) is 13.1 Å². The van der Waals surface area contributed by atoms with E-state index in [1.807, 2.05) is 0 Å². The molecule has 0 unspecified atom stereocenters. The maximum atomic E-state index is 5.59. The molecule has 0 aliphatic carbocycles. The van der Waals surface area contributed by atoms with Crippen LogP contribution < -0.4 is 0 Å². The lowest BCUT2D eigenvalue weighted by atomic mass is 10.1. The van der Waals surface area contributed by atoms with Crippen LogP contribution in [-0.2, 0) is 12.8 Å². The predicted molar refractivity (Wildman–Crippen MR) is 50.8 cm³/mol. The molecule has 0 aromatic carbocycles. The minimum atomic E-state index is 1.05. The van der Waals surface area contributed by atoms with E-state index in [0.29, 0.717) is 0 Å². The van der Waals surface area contributed by atoms with Crippen molar-refractivity contribution in [2.45, 2.75) is 33.1 Å². The fraction of sp³-hybridized carbons (Fsp3) is 0.455. The van der Waals surface area contributed by atoms with Crippen molar-refractivity contribution < 1.29 is 4.42 Å². The molecule has 0 saturated heterocycles. The molecule has 0 atom stereocenters. The zero-order chi connectivity index (χ0) is 8.55. The Kier molecular flexibility index (Phi) is 1.80. The fourth-order valence-electron chi connectivity index (χ4n) is 1.75. The molecule has 2 aromatic heterocycles. The zero-order valence-electron chi connectivity index (χ0n) is 7.68. The van der Waals surface area contributed by atoms with E-state index in [4.69, 9.17) is 4.42 Å². The first kappa shape index (κ1) is 7.66. The zero-order valence-corrected chi connectivity index (χ0v) is 7.68. The van der Waals surface area contributed by atoms with Gasteiger partial charge in [0.05, 0.1) is 0 Å². The molecule has 0 amide bonds. The number of hydrogen-bond acceptors (Lipinski definition) is 1. The molecule has 1 heteroatoms. The van der Waals surface area contributed by atoms with E-state index in [9.17, 15) is 0 Å². The van der Waals surface area contributed by atoms with Crippen LogP contribution in [0.2, 0.25) is 0 Å². The smallest absolute Gasteiger partial charge is 0.134 e. The average molecular weight is 162 g/mol. The number of furan rings is 2. The van der Waals surface area contributed by atoms with Crippen LogP contribution in [0.1, 0.15) is 31.4 Å². The van der Waals surface area contributed by atoms with E-state index < -0.39 is 0 Å². The van der Waals surface area contributed by atoms with E-state index >= 15 is 0 Å². The molecule has 0 N–H and O–H groups in total. The standard InChI is InChI=1S/C11H14O/c1-3-5-9-7-10-6-8(4-2)11(9)12-10/h6-7H,3-5H2,1-2H3. The molecular weight excluding hydrogens is 148 g/mol. The third-order valence-corrected chi connectivity index (χ3v) is 2.34. The van der Waals surface area contributed by atoms with E-state index in [1.54, 1.807) is 0 Å². The largest absolute Gasteiger partial charge is 0.457 e. The van der Waals surface area contributed by atoms with E-state index in [-0.39, 0.29) is 0 Å². The van der Waals surface area contributed by atoms with Crippen LogP contribution in [0.4, 0.5) is 0 Å². The lowest BCUT2D eigenvalue weighted by molar-refractivity contribution is 0.669. The van der Waals surface area contributed by atoms with Gasteiger partial charge in [0.15, 0.2) is 0 Å². The molecule has 2 aromatic rings. The summed E-state index contributed by atoms with van der Waals surface area (Å²) in [5, 5.41) is 0. The minimum Gasteiger partial charge on any atom is -0.457 e. The molecule has 2 heterocycles. The summed E-state index contributed by atoms with van der Waals surface area (Å²) in [5.74, 6) is 0. The van der Waals surface area contributed by atoms with Crippen molar-refractivity contribution in [1.82, 2.24) is 0 Å². The Bertz CT molecular complexity index is 359. The van der Waals surface area contributed by atoms with Gasteiger partial charge in [-0.2, -0.15) is 0 Å². The molecule has 0 radical (unpaired) electrons. The van der Waals surface area contributed by atoms with Gasteiger partial charge in [0.25, 0.3) is 0 Å². The highest BCUT2D eigenvalue weighted by molar-refractivity contribution is 5.71. The van der Waals surface area contributed by atoms with Crippen molar-refractivity contribution in [2.75, 3.05) is 0 Å². The lowest BCUT2D eigenvalue weighted by Gasteiger charge is -1.96. The van der Waals surface area contributed by atoms with E-state index in [0.717, 1.165) is 24.0 Å². The van der Waals surface area contributed by atoms with Crippen molar-refractivity contribution >= 4 is 11.2 Å². The number of aryl methyl sites for hydroxylation is 2. The predicted octanol–water partition coefficient (Wildman–Crippen LogP) is 3.39. The molecule has 64 valence electrons. The van der Waals surface area contributed by atoms with Gasteiger partial charge in [-0.25, -0.2) is 0 Å². The molecule has 0 aliphatic rings. The third-order valence-electron chi connectivity index (χ3n) is 2.34. The molecule has 12 heavy (non-hydrogen) atoms. The summed E-state index contributed by atoms with van der Waals surface area (Å²) in [7, 11) is 0. The van der Waals surface area contributed by atoms with Crippen LogP contribution in [-0.4, -0.2) is 0 Å². The normalized spacial score (nSPS) is 11.5. The minimum absolute atomic E-state index is 1.05. The van der Waals surface area contributed by atoms with Crippen molar-refractivity contribution in [3.63, 3.8) is 0 Å². The molecule has 1 nitrogen and oxygen atoms in total. The van der Waals surface area contributed by atoms with E-state index in [2.05, 4.69) is 26.0 Å². The van der Waals surface area contributed by atoms with Crippen LogP contribution in [0.15, 0.2) is 16.5 Å². The highest BCUT2D eigenvalue weighted by atomic mass is 16.3. The Morgan fingerprint density at radius 1 is 1.17 bits per heavy atom. The lowest BCUT2D eigenvalue weighted by Crippen LogP contribution is -1.84. The monoisotopic (exact) mass is 162 g/mol. The highest BCUT2D eigenvalue weighted by Gasteiger charge is 2.11. The third kappa shape index (κ3) is 1.01. The SMILES string of the molecule is CCCc1cc2cc(CC)c1o2. The molecule has 0 saturated carbocycles. The van der Waals surface area contributed by atoms with Crippen molar-refractivity contribution in [3.05, 3.63) is 23.3 Å². The highest BCUT2D eigenvalue weighted by Crippen LogP contribution is 2.28. The van der Waals surface area contributed by atoms with Gasteiger partial charge in [0, 0.05) is 0 Å². The van der Waals surface area contributed by atoms with Crippen LogP contribution in [0.5, 0.6) is 0 Å². The summed E-state index contributed by atoms with van der Waals surface area (Å²) in [6.45, 7) is 4.38. The fourth-order valence-corrected chi connectivity index (χ4v) is 1.75. The van der Waals surface area contributed by atoms with Crippen molar-refractivity contribution in [3.8, 4) is 0 Å². The quantitative estimate of drug-likeness (QED) is 0.674. The van der Waals surface area contributed by atoms with Crippen molar-refractivity contribution in [2.24, 2.45) is 0 Å². The Balaban J connectivity index is 2.44. The van der Waals surface area contributed by atoms with Crippen LogP contribution in [0, 0.1) is 0 Å². The van der Waals surface area contributed by atoms with Gasteiger partial charge in [-0.3, -0.25) is 0 Å². The summed E-state index contributed by atoms with van der Waals surface area (Å²) in [6.07, 6.45) is 3.43. The summed E-state index contributed by atoms with van der Waals surface area (Å²) in [6, 6.07) is 4.31. The first-order valence-corrected chi connectivity index (χ1v) is 4.68. The molecule has 0 fully saturated rings. The Morgan fingerprint density at radius 3 is 2.50 bits per heavy atom. The Hall–Kier alpha value is -0.980. The van der Waals surface area contributed by atoms with Gasteiger partial charge in [-0.1, -0.05) is 20.3 Å². The molecular formula is C11H14O. The number of rotatable bonds is 3.